The normalized spacial score (nSPS) is 24.8. The summed E-state index contributed by atoms with van der Waals surface area (Å²) < 4.78 is 5.18. The lowest BCUT2D eigenvalue weighted by Crippen LogP contribution is -2.46. The van der Waals surface area contributed by atoms with E-state index in [1.165, 1.54) is 24.1 Å². The zero-order valence-corrected chi connectivity index (χ0v) is 14.8. The Hall–Kier alpha value is -2.64. The fraction of sp³-hybridized carbons (Fsp3) is 0.556. The highest BCUT2D eigenvalue weighted by atomic mass is 16.6. The van der Waals surface area contributed by atoms with E-state index in [-0.39, 0.29) is 29.0 Å². The number of carboxylic acids is 1. The maximum absolute atomic E-state index is 13.2. The van der Waals surface area contributed by atoms with Crippen LogP contribution in [0.3, 0.4) is 0 Å². The van der Waals surface area contributed by atoms with Crippen LogP contribution in [0.2, 0.25) is 0 Å². The van der Waals surface area contributed by atoms with Crippen LogP contribution in [0.25, 0.3) is 0 Å². The van der Waals surface area contributed by atoms with Crippen LogP contribution in [0.4, 0.5) is 5.69 Å². The van der Waals surface area contributed by atoms with Crippen LogP contribution < -0.4 is 4.74 Å². The van der Waals surface area contributed by atoms with Gasteiger partial charge in [0.15, 0.2) is 0 Å². The summed E-state index contributed by atoms with van der Waals surface area (Å²) in [4.78, 5) is 37.1. The summed E-state index contributed by atoms with van der Waals surface area (Å²) in [6.45, 7) is 1.55. The molecule has 2 aliphatic rings. The van der Waals surface area contributed by atoms with Gasteiger partial charge in [0.05, 0.1) is 23.2 Å². The molecule has 1 amide bonds. The summed E-state index contributed by atoms with van der Waals surface area (Å²) in [6, 6.07) is 1.67. The molecule has 8 nitrogen and oxygen atoms in total. The second kappa shape index (κ2) is 6.93. The van der Waals surface area contributed by atoms with Crippen molar-refractivity contribution in [3.05, 3.63) is 33.4 Å². The lowest BCUT2D eigenvalue weighted by molar-refractivity contribution is -0.385. The van der Waals surface area contributed by atoms with E-state index in [0.29, 0.717) is 12.0 Å². The zero-order chi connectivity index (χ0) is 19.0. The van der Waals surface area contributed by atoms with E-state index in [1.807, 2.05) is 0 Å². The smallest absolute Gasteiger partial charge is 0.326 e. The van der Waals surface area contributed by atoms with E-state index in [9.17, 15) is 24.8 Å². The van der Waals surface area contributed by atoms with Crippen molar-refractivity contribution < 1.29 is 24.4 Å². The predicted octanol–water partition coefficient (Wildman–Crippen LogP) is 2.77. The van der Waals surface area contributed by atoms with E-state index in [4.69, 9.17) is 4.74 Å². The van der Waals surface area contributed by atoms with Gasteiger partial charge in [-0.2, -0.15) is 0 Å². The third-order valence-corrected chi connectivity index (χ3v) is 5.60. The third-order valence-electron chi connectivity index (χ3n) is 5.60. The third kappa shape index (κ3) is 3.00. The SMILES string of the molecule is COc1cc(C(=O)N2C(C(=O)O)CC3CCCCC32)cc([N+](=O)[O-])c1C. The summed E-state index contributed by atoms with van der Waals surface area (Å²) in [5.74, 6) is -1.08. The Bertz CT molecular complexity index is 762. The number of benzene rings is 1. The number of amides is 1. The molecule has 3 atom stereocenters. The first kappa shape index (κ1) is 18.2. The van der Waals surface area contributed by atoms with Crippen LogP contribution >= 0.6 is 0 Å². The number of nitrogens with zero attached hydrogens (tertiary/aromatic N) is 2. The Morgan fingerprint density at radius 2 is 2.00 bits per heavy atom. The summed E-state index contributed by atoms with van der Waals surface area (Å²) in [5.41, 5.74) is 0.219. The van der Waals surface area contributed by atoms with Crippen molar-refractivity contribution in [2.45, 2.75) is 51.1 Å². The second-order valence-corrected chi connectivity index (χ2v) is 6.99. The van der Waals surface area contributed by atoms with Gasteiger partial charge in [-0.1, -0.05) is 12.8 Å². The molecule has 0 aromatic heterocycles. The van der Waals surface area contributed by atoms with Crippen molar-refractivity contribution in [2.24, 2.45) is 5.92 Å². The van der Waals surface area contributed by atoms with E-state index in [1.54, 1.807) is 6.92 Å². The first-order valence-corrected chi connectivity index (χ1v) is 8.73. The number of aliphatic carboxylic acids is 1. The molecule has 2 fully saturated rings. The topological polar surface area (TPSA) is 110 Å². The number of hydrogen-bond acceptors (Lipinski definition) is 5. The lowest BCUT2D eigenvalue weighted by Gasteiger charge is -2.33. The number of carboxylic acid groups (broad SMARTS) is 1. The first-order chi connectivity index (χ1) is 12.3. The number of fused-ring (bicyclic) bond motifs is 1. The fourth-order valence-electron chi connectivity index (χ4n) is 4.32. The van der Waals surface area contributed by atoms with Crippen LogP contribution in [-0.4, -0.2) is 46.0 Å². The van der Waals surface area contributed by atoms with Crippen molar-refractivity contribution in [1.29, 1.82) is 0 Å². The van der Waals surface area contributed by atoms with Gasteiger partial charge in [0, 0.05) is 12.1 Å². The van der Waals surface area contributed by atoms with Crippen molar-refractivity contribution in [2.75, 3.05) is 7.11 Å². The Kier molecular flexibility index (Phi) is 4.84. The predicted molar refractivity (Wildman–Crippen MR) is 92.3 cm³/mol. The lowest BCUT2D eigenvalue weighted by atomic mass is 9.84. The van der Waals surface area contributed by atoms with Gasteiger partial charge < -0.3 is 14.7 Å². The van der Waals surface area contributed by atoms with Crippen molar-refractivity contribution in [3.8, 4) is 5.75 Å². The monoisotopic (exact) mass is 362 g/mol. The number of rotatable bonds is 4. The average molecular weight is 362 g/mol. The molecule has 0 spiro atoms. The van der Waals surface area contributed by atoms with Gasteiger partial charge in [-0.15, -0.1) is 0 Å². The number of carbonyl (C=O) groups is 2. The summed E-state index contributed by atoms with van der Waals surface area (Å²) in [5, 5.41) is 20.9. The van der Waals surface area contributed by atoms with E-state index in [2.05, 4.69) is 0 Å². The van der Waals surface area contributed by atoms with E-state index < -0.39 is 22.8 Å². The number of methoxy groups -OCH3 is 1. The summed E-state index contributed by atoms with van der Waals surface area (Å²) in [6.07, 6.45) is 4.12. The summed E-state index contributed by atoms with van der Waals surface area (Å²) in [7, 11) is 1.38. The molecule has 1 heterocycles. The van der Waals surface area contributed by atoms with Gasteiger partial charge >= 0.3 is 5.97 Å². The quantitative estimate of drug-likeness (QED) is 0.651. The standard InChI is InChI=1S/C18H22N2O6/c1-10-14(20(24)25)8-12(9-16(10)26-2)17(21)19-13-6-4-3-5-11(13)7-15(19)18(22)23/h8-9,11,13,15H,3-7H2,1-2H3,(H,22,23). The Morgan fingerprint density at radius 1 is 1.31 bits per heavy atom. The van der Waals surface area contributed by atoms with Gasteiger partial charge in [0.1, 0.15) is 11.8 Å². The van der Waals surface area contributed by atoms with Gasteiger partial charge in [0.2, 0.25) is 0 Å². The minimum Gasteiger partial charge on any atom is -0.496 e. The van der Waals surface area contributed by atoms with Crippen molar-refractivity contribution in [1.82, 2.24) is 4.90 Å². The average Bonchev–Trinajstić information content (AvgIpc) is 3.01. The number of hydrogen-bond donors (Lipinski definition) is 1. The Morgan fingerprint density at radius 3 is 2.62 bits per heavy atom. The van der Waals surface area contributed by atoms with Crippen LogP contribution in [0.5, 0.6) is 5.75 Å². The van der Waals surface area contributed by atoms with Gasteiger partial charge in [-0.05, 0) is 38.2 Å². The molecule has 1 aromatic rings. The fourth-order valence-corrected chi connectivity index (χ4v) is 4.32. The van der Waals surface area contributed by atoms with Gasteiger partial charge in [-0.25, -0.2) is 4.79 Å². The molecule has 26 heavy (non-hydrogen) atoms. The number of ether oxygens (including phenoxy) is 1. The highest BCUT2D eigenvalue weighted by Crippen LogP contribution is 2.41. The molecule has 3 rings (SSSR count). The first-order valence-electron chi connectivity index (χ1n) is 8.73. The Labute approximate surface area is 150 Å². The van der Waals surface area contributed by atoms with E-state index >= 15 is 0 Å². The van der Waals surface area contributed by atoms with Crippen LogP contribution in [-0.2, 0) is 4.79 Å². The molecule has 0 bridgehead atoms. The molecular weight excluding hydrogens is 340 g/mol. The van der Waals surface area contributed by atoms with Crippen LogP contribution in [0.1, 0.15) is 48.0 Å². The molecule has 3 unspecified atom stereocenters. The number of nitro benzene ring substituents is 1. The molecule has 1 saturated carbocycles. The molecule has 1 aliphatic heterocycles. The molecule has 0 radical (unpaired) electrons. The molecule has 1 aliphatic carbocycles. The van der Waals surface area contributed by atoms with Crippen LogP contribution in [0.15, 0.2) is 12.1 Å². The largest absolute Gasteiger partial charge is 0.496 e. The molecule has 1 saturated heterocycles. The molecule has 1 aromatic carbocycles. The Balaban J connectivity index is 2.03. The number of likely N-dealkylation sites (tertiary alicyclic amines) is 1. The summed E-state index contributed by atoms with van der Waals surface area (Å²) >= 11 is 0. The second-order valence-electron chi connectivity index (χ2n) is 6.99. The molecule has 1 N–H and O–H groups in total. The highest BCUT2D eigenvalue weighted by Gasteiger charge is 2.47. The molecule has 140 valence electrons. The van der Waals surface area contributed by atoms with Crippen molar-refractivity contribution >= 4 is 17.6 Å². The van der Waals surface area contributed by atoms with Gasteiger partial charge in [0.25, 0.3) is 11.6 Å². The maximum atomic E-state index is 13.2. The number of carbonyl (C=O) groups excluding carboxylic acids is 1. The van der Waals surface area contributed by atoms with E-state index in [0.717, 1.165) is 25.7 Å². The maximum Gasteiger partial charge on any atom is 0.326 e. The number of nitro groups is 1. The minimum absolute atomic E-state index is 0.0941. The molecule has 8 heteroatoms. The highest BCUT2D eigenvalue weighted by molar-refractivity contribution is 5.98. The zero-order valence-electron chi connectivity index (χ0n) is 14.8. The minimum atomic E-state index is -1.03. The molecular formula is C18H22N2O6. The van der Waals surface area contributed by atoms with Crippen molar-refractivity contribution in [3.63, 3.8) is 0 Å². The van der Waals surface area contributed by atoms with Crippen LogP contribution in [0, 0.1) is 23.0 Å². The van der Waals surface area contributed by atoms with Gasteiger partial charge in [-0.3, -0.25) is 14.9 Å².